The van der Waals surface area contributed by atoms with Crippen LogP contribution in [0, 0.1) is 5.92 Å². The molecule has 2 aliphatic rings. The van der Waals surface area contributed by atoms with Gasteiger partial charge in [-0.3, -0.25) is 24.2 Å². The van der Waals surface area contributed by atoms with Crippen molar-refractivity contribution in [3.63, 3.8) is 0 Å². The van der Waals surface area contributed by atoms with Crippen LogP contribution in [0.1, 0.15) is 24.8 Å². The maximum Gasteiger partial charge on any atom is 0.247 e. The van der Waals surface area contributed by atoms with Gasteiger partial charge in [0.1, 0.15) is 0 Å². The molecule has 0 aromatic heterocycles. The second-order valence-corrected chi connectivity index (χ2v) is 6.81. The number of halogens is 1. The van der Waals surface area contributed by atoms with E-state index in [1.54, 1.807) is 12.1 Å². The quantitative estimate of drug-likeness (QED) is 0.827. The zero-order chi connectivity index (χ0) is 17.3. The molecule has 3 rings (SSSR count). The van der Waals surface area contributed by atoms with Crippen molar-refractivity contribution in [2.45, 2.75) is 31.8 Å². The molecule has 2 N–H and O–H groups in total. The molecule has 7 heteroatoms. The third-order valence-electron chi connectivity index (χ3n) is 4.85. The first kappa shape index (κ1) is 16.9. The lowest BCUT2D eigenvalue weighted by Crippen LogP contribution is -2.47. The lowest BCUT2D eigenvalue weighted by atomic mass is 9.95. The van der Waals surface area contributed by atoms with E-state index in [2.05, 4.69) is 0 Å². The summed E-state index contributed by atoms with van der Waals surface area (Å²) in [6.45, 7) is 1.50. The number of piperidine rings is 1. The number of carbonyl (C=O) groups is 3. The van der Waals surface area contributed by atoms with Crippen LogP contribution in [0.15, 0.2) is 24.3 Å². The number of amides is 3. The standard InChI is InChI=1S/C17H20ClN3O3/c18-13-3-1-11(2-4-13)10-21-15(22)9-14(17(21)24)20-7-5-12(6-8-20)16(19)23/h1-4,12,14H,5-10H2,(H2,19,23)/t14-/m0/s1. The number of imide groups is 1. The van der Waals surface area contributed by atoms with E-state index in [4.69, 9.17) is 17.3 Å². The first-order chi connectivity index (χ1) is 11.5. The van der Waals surface area contributed by atoms with Crippen LogP contribution in [0.25, 0.3) is 0 Å². The number of benzene rings is 1. The molecule has 0 radical (unpaired) electrons. The number of likely N-dealkylation sites (tertiary alicyclic amines) is 2. The Balaban J connectivity index is 1.64. The van der Waals surface area contributed by atoms with E-state index in [9.17, 15) is 14.4 Å². The van der Waals surface area contributed by atoms with Crippen molar-refractivity contribution in [3.8, 4) is 0 Å². The van der Waals surface area contributed by atoms with E-state index in [0.717, 1.165) is 5.56 Å². The van der Waals surface area contributed by atoms with Crippen LogP contribution in [-0.4, -0.2) is 46.7 Å². The summed E-state index contributed by atoms with van der Waals surface area (Å²) in [7, 11) is 0. The van der Waals surface area contributed by atoms with Crippen LogP contribution in [0.5, 0.6) is 0 Å². The Morgan fingerprint density at radius 2 is 1.79 bits per heavy atom. The molecule has 24 heavy (non-hydrogen) atoms. The Morgan fingerprint density at radius 1 is 1.17 bits per heavy atom. The minimum Gasteiger partial charge on any atom is -0.369 e. The van der Waals surface area contributed by atoms with Gasteiger partial charge < -0.3 is 5.73 Å². The number of carbonyl (C=O) groups excluding carboxylic acids is 3. The molecule has 128 valence electrons. The number of hydrogen-bond donors (Lipinski definition) is 1. The van der Waals surface area contributed by atoms with Crippen LogP contribution in [0.4, 0.5) is 0 Å². The summed E-state index contributed by atoms with van der Waals surface area (Å²) in [4.78, 5) is 39.5. The molecule has 2 fully saturated rings. The summed E-state index contributed by atoms with van der Waals surface area (Å²) in [5, 5.41) is 0.619. The Morgan fingerprint density at radius 3 is 2.38 bits per heavy atom. The summed E-state index contributed by atoms with van der Waals surface area (Å²) in [5.74, 6) is -0.726. The van der Waals surface area contributed by atoms with Crippen molar-refractivity contribution in [2.24, 2.45) is 11.7 Å². The smallest absolute Gasteiger partial charge is 0.247 e. The number of rotatable bonds is 4. The zero-order valence-corrected chi connectivity index (χ0v) is 14.0. The number of primary amides is 1. The Hall–Kier alpha value is -1.92. The molecule has 3 amide bonds. The van der Waals surface area contributed by atoms with Gasteiger partial charge >= 0.3 is 0 Å². The zero-order valence-electron chi connectivity index (χ0n) is 13.3. The monoisotopic (exact) mass is 349 g/mol. The van der Waals surface area contributed by atoms with Gasteiger partial charge in [0, 0.05) is 10.9 Å². The predicted molar refractivity (Wildman–Crippen MR) is 88.9 cm³/mol. The van der Waals surface area contributed by atoms with E-state index in [1.807, 2.05) is 17.0 Å². The summed E-state index contributed by atoms with van der Waals surface area (Å²) >= 11 is 5.86. The fourth-order valence-corrected chi connectivity index (χ4v) is 3.51. The molecule has 0 unspecified atom stereocenters. The van der Waals surface area contributed by atoms with Crippen molar-refractivity contribution < 1.29 is 14.4 Å². The Labute approximate surface area is 145 Å². The molecule has 0 spiro atoms. The average molecular weight is 350 g/mol. The highest BCUT2D eigenvalue weighted by Gasteiger charge is 2.42. The maximum absolute atomic E-state index is 12.6. The van der Waals surface area contributed by atoms with E-state index in [-0.39, 0.29) is 36.6 Å². The second-order valence-electron chi connectivity index (χ2n) is 6.38. The Bertz CT molecular complexity index is 654. The summed E-state index contributed by atoms with van der Waals surface area (Å²) in [5.41, 5.74) is 6.21. The minimum atomic E-state index is -0.418. The highest BCUT2D eigenvalue weighted by Crippen LogP contribution is 2.26. The van der Waals surface area contributed by atoms with Crippen molar-refractivity contribution in [1.29, 1.82) is 0 Å². The van der Waals surface area contributed by atoms with Gasteiger partial charge in [-0.05, 0) is 43.6 Å². The number of nitrogens with zero attached hydrogens (tertiary/aromatic N) is 2. The summed E-state index contributed by atoms with van der Waals surface area (Å²) in [6, 6.07) is 6.70. The molecule has 1 aromatic carbocycles. The third kappa shape index (κ3) is 3.44. The lowest BCUT2D eigenvalue weighted by Gasteiger charge is -2.33. The van der Waals surface area contributed by atoms with Gasteiger partial charge in [0.2, 0.25) is 17.7 Å². The van der Waals surface area contributed by atoms with Crippen molar-refractivity contribution >= 4 is 29.3 Å². The summed E-state index contributed by atoms with van der Waals surface area (Å²) < 4.78 is 0. The topological polar surface area (TPSA) is 83.7 Å². The van der Waals surface area contributed by atoms with Gasteiger partial charge in [-0.2, -0.15) is 0 Å². The van der Waals surface area contributed by atoms with Gasteiger partial charge in [-0.15, -0.1) is 0 Å². The molecule has 0 saturated carbocycles. The molecule has 6 nitrogen and oxygen atoms in total. The molecule has 0 aliphatic carbocycles. The maximum atomic E-state index is 12.6. The third-order valence-corrected chi connectivity index (χ3v) is 5.10. The number of hydrogen-bond acceptors (Lipinski definition) is 4. The van der Waals surface area contributed by atoms with Gasteiger partial charge in [-0.25, -0.2) is 0 Å². The summed E-state index contributed by atoms with van der Waals surface area (Å²) in [6.07, 6.45) is 1.49. The van der Waals surface area contributed by atoms with E-state index < -0.39 is 6.04 Å². The fraction of sp³-hybridized carbons (Fsp3) is 0.471. The lowest BCUT2D eigenvalue weighted by molar-refractivity contribution is -0.140. The van der Waals surface area contributed by atoms with Crippen LogP contribution in [0.3, 0.4) is 0 Å². The van der Waals surface area contributed by atoms with Crippen molar-refractivity contribution in [1.82, 2.24) is 9.80 Å². The van der Waals surface area contributed by atoms with Crippen LogP contribution in [-0.2, 0) is 20.9 Å². The first-order valence-corrected chi connectivity index (χ1v) is 8.45. The molecular weight excluding hydrogens is 330 g/mol. The predicted octanol–water partition coefficient (Wildman–Crippen LogP) is 1.16. The molecule has 1 aromatic rings. The van der Waals surface area contributed by atoms with Gasteiger partial charge in [0.25, 0.3) is 0 Å². The van der Waals surface area contributed by atoms with Gasteiger partial charge in [0.05, 0.1) is 19.0 Å². The highest BCUT2D eigenvalue weighted by atomic mass is 35.5. The second kappa shape index (κ2) is 6.91. The van der Waals surface area contributed by atoms with Gasteiger partial charge in [-0.1, -0.05) is 23.7 Å². The molecule has 0 bridgehead atoms. The van der Waals surface area contributed by atoms with Crippen LogP contribution < -0.4 is 5.73 Å². The molecule has 2 saturated heterocycles. The molecule has 2 heterocycles. The average Bonchev–Trinajstić information content (AvgIpc) is 2.85. The first-order valence-electron chi connectivity index (χ1n) is 8.07. The minimum absolute atomic E-state index is 0.126. The van der Waals surface area contributed by atoms with E-state index >= 15 is 0 Å². The van der Waals surface area contributed by atoms with Crippen LogP contribution in [0.2, 0.25) is 5.02 Å². The molecular formula is C17H20ClN3O3. The number of nitrogens with two attached hydrogens (primary N) is 1. The molecule has 2 aliphatic heterocycles. The van der Waals surface area contributed by atoms with Gasteiger partial charge in [0.15, 0.2) is 0 Å². The van der Waals surface area contributed by atoms with E-state index in [1.165, 1.54) is 4.90 Å². The fourth-order valence-electron chi connectivity index (χ4n) is 3.39. The van der Waals surface area contributed by atoms with Crippen LogP contribution >= 0.6 is 11.6 Å². The highest BCUT2D eigenvalue weighted by molar-refractivity contribution is 6.30. The van der Waals surface area contributed by atoms with Crippen molar-refractivity contribution in [2.75, 3.05) is 13.1 Å². The normalized spacial score (nSPS) is 23.0. The van der Waals surface area contributed by atoms with E-state index in [0.29, 0.717) is 31.0 Å². The van der Waals surface area contributed by atoms with Crippen molar-refractivity contribution in [3.05, 3.63) is 34.9 Å². The molecule has 1 atom stereocenters. The Kier molecular flexibility index (Phi) is 4.87. The largest absolute Gasteiger partial charge is 0.369 e. The SMILES string of the molecule is NC(=O)C1CCN([C@H]2CC(=O)N(Cc3ccc(Cl)cc3)C2=O)CC1.